The third-order valence-electron chi connectivity index (χ3n) is 5.95. The van der Waals surface area contributed by atoms with Crippen LogP contribution in [0.25, 0.3) is 23.0 Å². The van der Waals surface area contributed by atoms with Crippen LogP contribution in [0.2, 0.25) is 0 Å². The Labute approximate surface area is 206 Å². The molecule has 1 aromatic heterocycles. The minimum atomic E-state index is -0.520. The minimum Gasteiger partial charge on any atom is -0.486 e. The molecule has 0 aliphatic carbocycles. The molecular formula is C28H20N2O6. The number of hydrogen-bond donors (Lipinski definition) is 0. The maximum Gasteiger partial charge on any atom is 0.337 e. The lowest BCUT2D eigenvalue weighted by Gasteiger charge is -2.18. The number of methoxy groups -OCH3 is 1. The van der Waals surface area contributed by atoms with E-state index in [1.54, 1.807) is 22.9 Å². The van der Waals surface area contributed by atoms with E-state index < -0.39 is 5.97 Å². The lowest BCUT2D eigenvalue weighted by atomic mass is 10.0. The monoisotopic (exact) mass is 480 g/mol. The molecule has 178 valence electrons. The van der Waals surface area contributed by atoms with Crippen LogP contribution in [0.4, 0.5) is 0 Å². The zero-order chi connectivity index (χ0) is 24.6. The Kier molecular flexibility index (Phi) is 5.26. The molecule has 0 bridgehead atoms. The summed E-state index contributed by atoms with van der Waals surface area (Å²) in [6, 6.07) is 20.0. The Morgan fingerprint density at radius 2 is 1.75 bits per heavy atom. The lowest BCUT2D eigenvalue weighted by molar-refractivity contribution is 0.0600. The standard InChI is InChI=1S/C28H20N2O6/c1-33-28(32)18-8-9-22-21(13-18)27(31)25(36-22)15-19-16-30(20-5-3-2-4-6-20)29-26(19)17-7-10-23-24(14-17)35-12-11-34-23/h2-10,13-16H,11-12H2,1H3. The van der Waals surface area contributed by atoms with Gasteiger partial charge in [-0.25, -0.2) is 9.48 Å². The van der Waals surface area contributed by atoms with Crippen LogP contribution in [0.15, 0.2) is 78.7 Å². The predicted octanol–water partition coefficient (Wildman–Crippen LogP) is 4.71. The first kappa shape index (κ1) is 21.7. The summed E-state index contributed by atoms with van der Waals surface area (Å²) in [6.45, 7) is 0.976. The molecule has 2 aliphatic heterocycles. The van der Waals surface area contributed by atoms with Crippen molar-refractivity contribution in [3.63, 3.8) is 0 Å². The van der Waals surface area contributed by atoms with Crippen LogP contribution >= 0.6 is 0 Å². The maximum atomic E-state index is 13.2. The highest BCUT2D eigenvalue weighted by molar-refractivity contribution is 6.15. The number of benzene rings is 3. The number of carbonyl (C=O) groups excluding carboxylic acids is 2. The van der Waals surface area contributed by atoms with Crippen LogP contribution in [0.5, 0.6) is 17.2 Å². The fourth-order valence-corrected chi connectivity index (χ4v) is 4.20. The zero-order valence-electron chi connectivity index (χ0n) is 19.3. The second-order valence-electron chi connectivity index (χ2n) is 8.21. The first-order chi connectivity index (χ1) is 17.6. The smallest absolute Gasteiger partial charge is 0.337 e. The highest BCUT2D eigenvalue weighted by Gasteiger charge is 2.29. The van der Waals surface area contributed by atoms with Crippen molar-refractivity contribution in [2.75, 3.05) is 20.3 Å². The molecule has 0 unspecified atom stereocenters. The van der Waals surface area contributed by atoms with Crippen molar-refractivity contribution in [2.45, 2.75) is 0 Å². The van der Waals surface area contributed by atoms with Crippen LogP contribution in [-0.4, -0.2) is 41.9 Å². The molecule has 4 aromatic rings. The van der Waals surface area contributed by atoms with Crippen molar-refractivity contribution in [1.29, 1.82) is 0 Å². The first-order valence-electron chi connectivity index (χ1n) is 11.3. The number of aromatic nitrogens is 2. The van der Waals surface area contributed by atoms with Gasteiger partial charge in [-0.3, -0.25) is 4.79 Å². The van der Waals surface area contributed by atoms with Crippen LogP contribution in [0.3, 0.4) is 0 Å². The summed E-state index contributed by atoms with van der Waals surface area (Å²) < 4.78 is 23.8. The van der Waals surface area contributed by atoms with E-state index in [1.807, 2.05) is 54.7 Å². The van der Waals surface area contributed by atoms with Crippen molar-refractivity contribution < 1.29 is 28.5 Å². The Morgan fingerprint density at radius 1 is 0.972 bits per heavy atom. The summed E-state index contributed by atoms with van der Waals surface area (Å²) in [7, 11) is 1.29. The number of hydrogen-bond acceptors (Lipinski definition) is 7. The molecule has 0 N–H and O–H groups in total. The van der Waals surface area contributed by atoms with E-state index in [-0.39, 0.29) is 17.1 Å². The molecule has 0 amide bonds. The summed E-state index contributed by atoms with van der Waals surface area (Å²) in [5, 5.41) is 4.81. The molecule has 0 saturated heterocycles. The molecule has 0 saturated carbocycles. The molecule has 6 rings (SSSR count). The van der Waals surface area contributed by atoms with Gasteiger partial charge in [-0.2, -0.15) is 5.10 Å². The summed E-state index contributed by atoms with van der Waals surface area (Å²) in [6.07, 6.45) is 3.51. The quantitative estimate of drug-likeness (QED) is 0.309. The van der Waals surface area contributed by atoms with E-state index in [4.69, 9.17) is 24.0 Å². The van der Waals surface area contributed by atoms with Crippen molar-refractivity contribution in [1.82, 2.24) is 9.78 Å². The van der Waals surface area contributed by atoms with E-state index in [0.717, 1.165) is 11.3 Å². The van der Waals surface area contributed by atoms with Crippen molar-refractivity contribution >= 4 is 17.8 Å². The van der Waals surface area contributed by atoms with Gasteiger partial charge < -0.3 is 18.9 Å². The number of ether oxygens (including phenoxy) is 4. The number of esters is 1. The van der Waals surface area contributed by atoms with E-state index in [9.17, 15) is 9.59 Å². The number of para-hydroxylation sites is 1. The summed E-state index contributed by atoms with van der Waals surface area (Å²) in [4.78, 5) is 25.1. The van der Waals surface area contributed by atoms with Crippen molar-refractivity contribution in [2.24, 2.45) is 0 Å². The lowest BCUT2D eigenvalue weighted by Crippen LogP contribution is -2.15. The molecule has 3 heterocycles. The number of rotatable bonds is 4. The van der Waals surface area contributed by atoms with Gasteiger partial charge in [0.15, 0.2) is 17.3 Å². The number of fused-ring (bicyclic) bond motifs is 2. The second-order valence-corrected chi connectivity index (χ2v) is 8.21. The molecule has 8 nitrogen and oxygen atoms in total. The van der Waals surface area contributed by atoms with Crippen molar-refractivity contribution in [3.8, 4) is 34.2 Å². The van der Waals surface area contributed by atoms with Crippen LogP contribution < -0.4 is 14.2 Å². The van der Waals surface area contributed by atoms with Crippen LogP contribution in [0.1, 0.15) is 26.3 Å². The Balaban J connectivity index is 1.43. The summed E-state index contributed by atoms with van der Waals surface area (Å²) >= 11 is 0. The van der Waals surface area contributed by atoms with Gasteiger partial charge in [-0.1, -0.05) is 18.2 Å². The van der Waals surface area contributed by atoms with Crippen LogP contribution in [-0.2, 0) is 4.74 Å². The maximum absolute atomic E-state index is 13.2. The Morgan fingerprint density at radius 3 is 2.56 bits per heavy atom. The molecule has 0 fully saturated rings. The third kappa shape index (κ3) is 3.78. The third-order valence-corrected chi connectivity index (χ3v) is 5.95. The van der Waals surface area contributed by atoms with E-state index in [2.05, 4.69) is 0 Å². The highest BCUT2D eigenvalue weighted by Crippen LogP contribution is 2.37. The average molecular weight is 480 g/mol. The van der Waals surface area contributed by atoms with Gasteiger partial charge in [-0.15, -0.1) is 0 Å². The SMILES string of the molecule is COC(=O)c1ccc2c(c1)C(=O)C(=Cc1cn(-c3ccccc3)nc1-c1ccc3c(c1)OCCO3)O2. The summed E-state index contributed by atoms with van der Waals surface area (Å²) in [5.74, 6) is 0.999. The van der Waals surface area contributed by atoms with Crippen LogP contribution in [0, 0.1) is 0 Å². The molecule has 0 spiro atoms. The molecule has 8 heteroatoms. The van der Waals surface area contributed by atoms with Gasteiger partial charge in [0.1, 0.15) is 24.7 Å². The molecular weight excluding hydrogens is 460 g/mol. The number of carbonyl (C=O) groups is 2. The average Bonchev–Trinajstić information content (AvgIpc) is 3.49. The van der Waals surface area contributed by atoms with Gasteiger partial charge >= 0.3 is 5.97 Å². The summed E-state index contributed by atoms with van der Waals surface area (Å²) in [5.41, 5.74) is 3.58. The van der Waals surface area contributed by atoms with Gasteiger partial charge in [0.25, 0.3) is 0 Å². The normalized spacial score (nSPS) is 14.9. The van der Waals surface area contributed by atoms with E-state index in [1.165, 1.54) is 13.2 Å². The first-order valence-corrected chi connectivity index (χ1v) is 11.3. The van der Waals surface area contributed by atoms with Crippen molar-refractivity contribution in [3.05, 3.63) is 95.4 Å². The number of allylic oxidation sites excluding steroid dienone is 1. The number of ketones is 1. The fourth-order valence-electron chi connectivity index (χ4n) is 4.20. The van der Waals surface area contributed by atoms with E-state index >= 15 is 0 Å². The zero-order valence-corrected chi connectivity index (χ0v) is 19.3. The van der Waals surface area contributed by atoms with Gasteiger partial charge in [0.2, 0.25) is 5.78 Å². The molecule has 2 aliphatic rings. The molecule has 0 atom stereocenters. The molecule has 36 heavy (non-hydrogen) atoms. The highest BCUT2D eigenvalue weighted by atomic mass is 16.6. The van der Waals surface area contributed by atoms with Gasteiger partial charge in [-0.05, 0) is 54.6 Å². The predicted molar refractivity (Wildman–Crippen MR) is 131 cm³/mol. The largest absolute Gasteiger partial charge is 0.486 e. The van der Waals surface area contributed by atoms with E-state index in [0.29, 0.717) is 47.3 Å². The van der Waals surface area contributed by atoms with Gasteiger partial charge in [0.05, 0.1) is 23.9 Å². The Hall–Kier alpha value is -4.85. The minimum absolute atomic E-state index is 0.137. The second kappa shape index (κ2) is 8.74. The van der Waals surface area contributed by atoms with Gasteiger partial charge in [0, 0.05) is 17.3 Å². The molecule has 0 radical (unpaired) electrons. The Bertz CT molecular complexity index is 1540. The topological polar surface area (TPSA) is 88.9 Å². The number of nitrogens with zero attached hydrogens (tertiary/aromatic N) is 2. The molecule has 3 aromatic carbocycles. The number of Topliss-reactive ketones (excluding diaryl/α,β-unsaturated/α-hetero) is 1. The fraction of sp³-hybridized carbons (Fsp3) is 0.107.